The van der Waals surface area contributed by atoms with Crippen molar-refractivity contribution in [2.45, 2.75) is 26.2 Å². The predicted octanol–water partition coefficient (Wildman–Crippen LogP) is 3.50. The van der Waals surface area contributed by atoms with Crippen molar-refractivity contribution < 1.29 is 13.2 Å². The van der Waals surface area contributed by atoms with Gasteiger partial charge in [-0.15, -0.1) is 0 Å². The standard InChI is InChI=1S/C15H15F3N2O/c1-2-20-10-13(6-7-14(20)21)19-9-11-4-3-5-12(8-11)15(16,17)18/h3-8,10,19H,2,9H2,1H3. The summed E-state index contributed by atoms with van der Waals surface area (Å²) in [4.78, 5) is 11.4. The Morgan fingerprint density at radius 1 is 1.19 bits per heavy atom. The number of benzene rings is 1. The summed E-state index contributed by atoms with van der Waals surface area (Å²) in [5.74, 6) is 0. The van der Waals surface area contributed by atoms with Crippen molar-refractivity contribution in [1.82, 2.24) is 4.57 Å². The van der Waals surface area contributed by atoms with Crippen molar-refractivity contribution in [3.63, 3.8) is 0 Å². The normalized spacial score (nSPS) is 11.4. The maximum atomic E-state index is 12.6. The molecule has 0 saturated carbocycles. The lowest BCUT2D eigenvalue weighted by Gasteiger charge is -2.11. The molecule has 0 spiro atoms. The smallest absolute Gasteiger partial charge is 0.380 e. The van der Waals surface area contributed by atoms with E-state index < -0.39 is 11.7 Å². The molecule has 21 heavy (non-hydrogen) atoms. The van der Waals surface area contributed by atoms with E-state index >= 15 is 0 Å². The summed E-state index contributed by atoms with van der Waals surface area (Å²) in [6.45, 7) is 2.64. The highest BCUT2D eigenvalue weighted by molar-refractivity contribution is 5.41. The molecule has 0 aliphatic rings. The van der Waals surface area contributed by atoms with Gasteiger partial charge in [-0.2, -0.15) is 13.2 Å². The van der Waals surface area contributed by atoms with Crippen molar-refractivity contribution in [1.29, 1.82) is 0 Å². The molecule has 0 unspecified atom stereocenters. The van der Waals surface area contributed by atoms with Gasteiger partial charge in [-0.05, 0) is 30.7 Å². The topological polar surface area (TPSA) is 34.0 Å². The summed E-state index contributed by atoms with van der Waals surface area (Å²) < 4.78 is 39.4. The summed E-state index contributed by atoms with van der Waals surface area (Å²) in [5.41, 5.74) is 0.440. The van der Waals surface area contributed by atoms with Crippen LogP contribution in [0.3, 0.4) is 0 Å². The van der Waals surface area contributed by atoms with Gasteiger partial charge in [0, 0.05) is 25.4 Å². The highest BCUT2D eigenvalue weighted by Gasteiger charge is 2.30. The van der Waals surface area contributed by atoms with E-state index in [0.717, 1.165) is 12.1 Å². The molecule has 0 aliphatic heterocycles. The van der Waals surface area contributed by atoms with Crippen LogP contribution in [0.15, 0.2) is 47.4 Å². The SMILES string of the molecule is CCn1cc(NCc2cccc(C(F)(F)F)c2)ccc1=O. The van der Waals surface area contributed by atoms with E-state index in [9.17, 15) is 18.0 Å². The minimum absolute atomic E-state index is 0.109. The molecule has 0 bridgehead atoms. The van der Waals surface area contributed by atoms with Gasteiger partial charge in [-0.3, -0.25) is 4.79 Å². The van der Waals surface area contributed by atoms with Crippen molar-refractivity contribution in [2.24, 2.45) is 0 Å². The lowest BCUT2D eigenvalue weighted by molar-refractivity contribution is -0.137. The average molecular weight is 296 g/mol. The number of nitrogens with zero attached hydrogens (tertiary/aromatic N) is 1. The van der Waals surface area contributed by atoms with Gasteiger partial charge in [0.15, 0.2) is 0 Å². The van der Waals surface area contributed by atoms with Gasteiger partial charge >= 0.3 is 6.18 Å². The fraction of sp³-hybridized carbons (Fsp3) is 0.267. The number of aryl methyl sites for hydroxylation is 1. The molecule has 1 aromatic carbocycles. The van der Waals surface area contributed by atoms with Gasteiger partial charge in [0.1, 0.15) is 0 Å². The quantitative estimate of drug-likeness (QED) is 0.937. The molecule has 112 valence electrons. The van der Waals surface area contributed by atoms with E-state index in [1.165, 1.54) is 16.7 Å². The second kappa shape index (κ2) is 6.03. The number of alkyl halides is 3. The highest BCUT2D eigenvalue weighted by atomic mass is 19.4. The third-order valence-corrected chi connectivity index (χ3v) is 3.08. The fourth-order valence-electron chi connectivity index (χ4n) is 1.94. The number of aromatic nitrogens is 1. The van der Waals surface area contributed by atoms with E-state index in [4.69, 9.17) is 0 Å². The minimum atomic E-state index is -4.34. The zero-order valence-corrected chi connectivity index (χ0v) is 11.4. The van der Waals surface area contributed by atoms with Gasteiger partial charge in [0.2, 0.25) is 0 Å². The number of halogens is 3. The average Bonchev–Trinajstić information content (AvgIpc) is 2.46. The van der Waals surface area contributed by atoms with E-state index in [1.807, 2.05) is 6.92 Å². The third-order valence-electron chi connectivity index (χ3n) is 3.08. The van der Waals surface area contributed by atoms with Crippen LogP contribution in [-0.2, 0) is 19.3 Å². The number of rotatable bonds is 4. The maximum absolute atomic E-state index is 12.6. The lowest BCUT2D eigenvalue weighted by atomic mass is 10.1. The molecule has 0 aliphatic carbocycles. The Bertz CT molecular complexity index is 677. The molecule has 1 heterocycles. The second-order valence-corrected chi connectivity index (χ2v) is 4.59. The molecule has 3 nitrogen and oxygen atoms in total. The number of nitrogens with one attached hydrogen (secondary N) is 1. The van der Waals surface area contributed by atoms with Crippen molar-refractivity contribution in [2.75, 3.05) is 5.32 Å². The summed E-state index contributed by atoms with van der Waals surface area (Å²) in [7, 11) is 0. The van der Waals surface area contributed by atoms with Gasteiger partial charge in [0.05, 0.1) is 11.3 Å². The molecule has 0 saturated heterocycles. The summed E-state index contributed by atoms with van der Waals surface area (Å²) in [6.07, 6.45) is -2.69. The Hall–Kier alpha value is -2.24. The minimum Gasteiger partial charge on any atom is -0.380 e. The molecule has 6 heteroatoms. The van der Waals surface area contributed by atoms with Crippen LogP contribution in [0.2, 0.25) is 0 Å². The Labute approximate surface area is 120 Å². The Kier molecular flexibility index (Phi) is 4.35. The molecular weight excluding hydrogens is 281 g/mol. The van der Waals surface area contributed by atoms with Gasteiger partial charge in [-0.25, -0.2) is 0 Å². The molecule has 0 radical (unpaired) electrons. The zero-order chi connectivity index (χ0) is 15.5. The van der Waals surface area contributed by atoms with Crippen LogP contribution in [0.5, 0.6) is 0 Å². The number of pyridine rings is 1. The first-order valence-corrected chi connectivity index (χ1v) is 6.50. The molecule has 2 aromatic rings. The van der Waals surface area contributed by atoms with E-state index in [0.29, 0.717) is 17.8 Å². The number of anilines is 1. The van der Waals surface area contributed by atoms with Crippen LogP contribution in [0.4, 0.5) is 18.9 Å². The first-order valence-electron chi connectivity index (χ1n) is 6.50. The lowest BCUT2D eigenvalue weighted by Crippen LogP contribution is -2.17. The van der Waals surface area contributed by atoms with Crippen molar-refractivity contribution in [3.8, 4) is 0 Å². The Morgan fingerprint density at radius 2 is 1.95 bits per heavy atom. The zero-order valence-electron chi connectivity index (χ0n) is 11.4. The monoisotopic (exact) mass is 296 g/mol. The Balaban J connectivity index is 2.11. The third kappa shape index (κ3) is 3.87. The molecule has 1 aromatic heterocycles. The summed E-state index contributed by atoms with van der Waals surface area (Å²) in [6, 6.07) is 8.20. The first-order chi connectivity index (χ1) is 9.90. The molecule has 2 rings (SSSR count). The largest absolute Gasteiger partial charge is 0.416 e. The van der Waals surface area contributed by atoms with Crippen LogP contribution in [-0.4, -0.2) is 4.57 Å². The van der Waals surface area contributed by atoms with Crippen LogP contribution in [0, 0.1) is 0 Å². The van der Waals surface area contributed by atoms with Crippen LogP contribution in [0.25, 0.3) is 0 Å². The van der Waals surface area contributed by atoms with Gasteiger partial charge < -0.3 is 9.88 Å². The van der Waals surface area contributed by atoms with Crippen molar-refractivity contribution >= 4 is 5.69 Å². The molecule has 0 atom stereocenters. The van der Waals surface area contributed by atoms with E-state index in [-0.39, 0.29) is 12.1 Å². The van der Waals surface area contributed by atoms with Crippen LogP contribution < -0.4 is 10.9 Å². The number of hydrogen-bond acceptors (Lipinski definition) is 2. The molecule has 0 fully saturated rings. The maximum Gasteiger partial charge on any atom is 0.416 e. The predicted molar refractivity (Wildman–Crippen MR) is 75.1 cm³/mol. The summed E-state index contributed by atoms with van der Waals surface area (Å²) >= 11 is 0. The van der Waals surface area contributed by atoms with Gasteiger partial charge in [0.25, 0.3) is 5.56 Å². The van der Waals surface area contributed by atoms with E-state index in [2.05, 4.69) is 5.32 Å². The van der Waals surface area contributed by atoms with E-state index in [1.54, 1.807) is 18.3 Å². The Morgan fingerprint density at radius 3 is 2.62 bits per heavy atom. The van der Waals surface area contributed by atoms with Crippen LogP contribution in [0.1, 0.15) is 18.1 Å². The van der Waals surface area contributed by atoms with Crippen LogP contribution >= 0.6 is 0 Å². The highest BCUT2D eigenvalue weighted by Crippen LogP contribution is 2.29. The van der Waals surface area contributed by atoms with Crippen molar-refractivity contribution in [3.05, 3.63) is 64.1 Å². The van der Waals surface area contributed by atoms with Gasteiger partial charge in [-0.1, -0.05) is 12.1 Å². The first kappa shape index (κ1) is 15.2. The molecular formula is C15H15F3N2O. The molecule has 1 N–H and O–H groups in total. The fourth-order valence-corrected chi connectivity index (χ4v) is 1.94. The second-order valence-electron chi connectivity index (χ2n) is 4.59. The number of hydrogen-bond donors (Lipinski definition) is 1. The summed E-state index contributed by atoms with van der Waals surface area (Å²) in [5, 5.41) is 3.01. The molecule has 0 amide bonds.